The number of H-pyrrole nitrogens is 1. The number of ether oxygens (including phenoxy) is 2. The first kappa shape index (κ1) is 17.1. The number of nitrogens with one attached hydrogen (secondary N) is 2. The van der Waals surface area contributed by atoms with Crippen molar-refractivity contribution in [3.05, 3.63) is 61.1 Å². The summed E-state index contributed by atoms with van der Waals surface area (Å²) in [5.41, 5.74) is 4.36. The number of nitrogens with zero attached hydrogens (tertiary/aromatic N) is 4. The molecular weight excluding hydrogens is 368 g/mol. The van der Waals surface area contributed by atoms with Crippen LogP contribution in [0.3, 0.4) is 0 Å². The molecule has 0 aliphatic carbocycles. The molecule has 8 heteroatoms. The van der Waals surface area contributed by atoms with Crippen LogP contribution in [0.5, 0.6) is 11.5 Å². The molecule has 144 valence electrons. The normalized spacial score (nSPS) is 11.1. The van der Waals surface area contributed by atoms with Gasteiger partial charge in [0, 0.05) is 35.1 Å². The molecule has 3 aromatic heterocycles. The second kappa shape index (κ2) is 6.83. The highest BCUT2D eigenvalue weighted by atomic mass is 16.5. The number of methoxy groups -OCH3 is 2. The molecule has 29 heavy (non-hydrogen) atoms. The molecule has 0 amide bonds. The van der Waals surface area contributed by atoms with E-state index in [9.17, 15) is 0 Å². The zero-order valence-electron chi connectivity index (χ0n) is 15.9. The fraction of sp³-hybridized carbons (Fsp3) is 0.0952. The molecule has 0 saturated heterocycles. The summed E-state index contributed by atoms with van der Waals surface area (Å²) >= 11 is 0. The molecule has 3 heterocycles. The Hall–Kier alpha value is -4.07. The van der Waals surface area contributed by atoms with Gasteiger partial charge in [0.2, 0.25) is 5.95 Å². The summed E-state index contributed by atoms with van der Waals surface area (Å²) in [5, 5.41) is 11.4. The maximum absolute atomic E-state index is 5.43. The second-order valence-corrected chi connectivity index (χ2v) is 6.49. The minimum Gasteiger partial charge on any atom is -0.493 e. The molecular formula is C21H18N6O2. The van der Waals surface area contributed by atoms with Crippen molar-refractivity contribution in [2.24, 2.45) is 0 Å². The molecule has 0 aliphatic rings. The van der Waals surface area contributed by atoms with Crippen molar-refractivity contribution < 1.29 is 9.47 Å². The van der Waals surface area contributed by atoms with Crippen LogP contribution in [-0.4, -0.2) is 38.8 Å². The van der Waals surface area contributed by atoms with Crippen LogP contribution in [0, 0.1) is 0 Å². The van der Waals surface area contributed by atoms with Crippen LogP contribution in [0.2, 0.25) is 0 Å². The molecule has 0 unspecified atom stereocenters. The van der Waals surface area contributed by atoms with Gasteiger partial charge in [-0.15, -0.1) is 0 Å². The van der Waals surface area contributed by atoms with E-state index < -0.39 is 0 Å². The first-order valence-corrected chi connectivity index (χ1v) is 9.02. The van der Waals surface area contributed by atoms with Crippen molar-refractivity contribution in [3.8, 4) is 22.8 Å². The molecule has 0 saturated carbocycles. The molecule has 0 aliphatic heterocycles. The number of hydrogen-bond acceptors (Lipinski definition) is 6. The maximum atomic E-state index is 5.43. The molecule has 0 radical (unpaired) electrons. The van der Waals surface area contributed by atoms with Gasteiger partial charge in [-0.2, -0.15) is 5.10 Å². The second-order valence-electron chi connectivity index (χ2n) is 6.49. The van der Waals surface area contributed by atoms with E-state index in [4.69, 9.17) is 14.5 Å². The number of aromatic nitrogens is 5. The number of rotatable bonds is 5. The average molecular weight is 386 g/mol. The van der Waals surface area contributed by atoms with Crippen LogP contribution in [-0.2, 0) is 0 Å². The Bertz CT molecular complexity index is 1320. The molecule has 2 aromatic carbocycles. The smallest absolute Gasteiger partial charge is 0.213 e. The van der Waals surface area contributed by atoms with Gasteiger partial charge < -0.3 is 14.8 Å². The quantitative estimate of drug-likeness (QED) is 0.474. The van der Waals surface area contributed by atoms with E-state index in [2.05, 4.69) is 20.5 Å². The highest BCUT2D eigenvalue weighted by molar-refractivity contribution is 5.82. The van der Waals surface area contributed by atoms with E-state index in [1.54, 1.807) is 26.6 Å². The Morgan fingerprint density at radius 3 is 2.76 bits per heavy atom. The predicted molar refractivity (Wildman–Crippen MR) is 111 cm³/mol. The first-order valence-electron chi connectivity index (χ1n) is 9.02. The molecule has 5 aromatic rings. The van der Waals surface area contributed by atoms with Gasteiger partial charge in [0.15, 0.2) is 11.5 Å². The monoisotopic (exact) mass is 386 g/mol. The summed E-state index contributed by atoms with van der Waals surface area (Å²) in [5.74, 6) is 1.98. The predicted octanol–water partition coefficient (Wildman–Crippen LogP) is 4.03. The summed E-state index contributed by atoms with van der Waals surface area (Å²) in [6.07, 6.45) is 5.42. The Morgan fingerprint density at radius 2 is 1.90 bits per heavy atom. The van der Waals surface area contributed by atoms with E-state index in [1.807, 2.05) is 53.1 Å². The lowest BCUT2D eigenvalue weighted by Gasteiger charge is -2.12. The zero-order valence-corrected chi connectivity index (χ0v) is 15.9. The van der Waals surface area contributed by atoms with E-state index in [-0.39, 0.29) is 0 Å². The van der Waals surface area contributed by atoms with Crippen molar-refractivity contribution >= 4 is 28.2 Å². The van der Waals surface area contributed by atoms with Gasteiger partial charge in [-0.25, -0.2) is 9.97 Å². The third-order valence-corrected chi connectivity index (χ3v) is 4.77. The number of benzene rings is 2. The Morgan fingerprint density at radius 1 is 1.00 bits per heavy atom. The highest BCUT2D eigenvalue weighted by Crippen LogP contribution is 2.32. The van der Waals surface area contributed by atoms with Crippen LogP contribution < -0.4 is 14.8 Å². The zero-order chi connectivity index (χ0) is 19.8. The third-order valence-electron chi connectivity index (χ3n) is 4.77. The van der Waals surface area contributed by atoms with Gasteiger partial charge in [0.25, 0.3) is 0 Å². The minimum atomic E-state index is 0.648. The summed E-state index contributed by atoms with van der Waals surface area (Å²) in [6, 6.07) is 13.6. The van der Waals surface area contributed by atoms with Crippen LogP contribution in [0.25, 0.3) is 27.8 Å². The number of hydrogen-bond donors (Lipinski definition) is 2. The van der Waals surface area contributed by atoms with Crippen LogP contribution in [0.4, 0.5) is 11.6 Å². The lowest BCUT2D eigenvalue weighted by atomic mass is 10.1. The summed E-state index contributed by atoms with van der Waals surface area (Å²) in [4.78, 5) is 9.27. The summed E-state index contributed by atoms with van der Waals surface area (Å²) < 4.78 is 12.7. The number of fused-ring (bicyclic) bond motifs is 2. The third kappa shape index (κ3) is 3.00. The molecule has 0 atom stereocenters. The van der Waals surface area contributed by atoms with Gasteiger partial charge in [-0.1, -0.05) is 0 Å². The van der Waals surface area contributed by atoms with Crippen molar-refractivity contribution in [1.29, 1.82) is 0 Å². The Kier molecular flexibility index (Phi) is 4.02. The van der Waals surface area contributed by atoms with Gasteiger partial charge in [0.1, 0.15) is 5.65 Å². The summed E-state index contributed by atoms with van der Waals surface area (Å²) in [7, 11) is 3.23. The maximum Gasteiger partial charge on any atom is 0.213 e. The lowest BCUT2D eigenvalue weighted by molar-refractivity contribution is 0.355. The number of anilines is 2. The Labute approximate surface area is 166 Å². The fourth-order valence-electron chi connectivity index (χ4n) is 3.30. The molecule has 0 bridgehead atoms. The molecule has 0 spiro atoms. The number of aromatic amines is 1. The van der Waals surface area contributed by atoms with E-state index in [0.29, 0.717) is 17.4 Å². The van der Waals surface area contributed by atoms with E-state index in [0.717, 1.165) is 33.5 Å². The van der Waals surface area contributed by atoms with Crippen LogP contribution in [0.1, 0.15) is 0 Å². The lowest BCUT2D eigenvalue weighted by Crippen LogP contribution is -2.02. The molecule has 0 fully saturated rings. The van der Waals surface area contributed by atoms with Crippen LogP contribution in [0.15, 0.2) is 61.1 Å². The van der Waals surface area contributed by atoms with Gasteiger partial charge in [-0.05, 0) is 36.4 Å². The molecule has 5 rings (SSSR count). The van der Waals surface area contributed by atoms with Gasteiger partial charge in [0.05, 0.1) is 31.6 Å². The van der Waals surface area contributed by atoms with Gasteiger partial charge in [-0.3, -0.25) is 9.50 Å². The SMILES string of the molecule is COc1ccc(-c2cc3nccn3c(Nc3ccc4[nH]ncc4c3)n2)cc1OC. The van der Waals surface area contributed by atoms with Crippen molar-refractivity contribution in [1.82, 2.24) is 24.6 Å². The minimum absolute atomic E-state index is 0.648. The highest BCUT2D eigenvalue weighted by Gasteiger charge is 2.12. The molecule has 8 nitrogen and oxygen atoms in total. The topological polar surface area (TPSA) is 89.4 Å². The van der Waals surface area contributed by atoms with Crippen molar-refractivity contribution in [2.45, 2.75) is 0 Å². The average Bonchev–Trinajstić information content (AvgIpc) is 3.42. The van der Waals surface area contributed by atoms with E-state index in [1.165, 1.54) is 0 Å². The van der Waals surface area contributed by atoms with Gasteiger partial charge >= 0.3 is 0 Å². The van der Waals surface area contributed by atoms with E-state index >= 15 is 0 Å². The van der Waals surface area contributed by atoms with Crippen LogP contribution >= 0.6 is 0 Å². The number of imidazole rings is 1. The summed E-state index contributed by atoms with van der Waals surface area (Å²) in [6.45, 7) is 0. The standard InChI is InChI=1S/C21H18N6O2/c1-28-18-6-3-13(10-19(18)29-2)17-11-20-22-7-8-27(20)21(25-17)24-15-4-5-16-14(9-15)12-23-26-16/h3-12H,1-2H3,(H,23,26)(H,24,25). The molecule has 2 N–H and O–H groups in total. The van der Waals surface area contributed by atoms with Crippen molar-refractivity contribution in [2.75, 3.05) is 19.5 Å². The Balaban J connectivity index is 1.59. The fourth-order valence-corrected chi connectivity index (χ4v) is 3.30. The van der Waals surface area contributed by atoms with Crippen molar-refractivity contribution in [3.63, 3.8) is 0 Å². The first-order chi connectivity index (χ1) is 14.2. The largest absolute Gasteiger partial charge is 0.493 e.